The summed E-state index contributed by atoms with van der Waals surface area (Å²) < 4.78 is 5.81. The number of aromatic nitrogens is 3. The largest absolute Gasteiger partial charge is 0.460 e. The van der Waals surface area contributed by atoms with Gasteiger partial charge in [-0.1, -0.05) is 32.6 Å². The highest BCUT2D eigenvalue weighted by molar-refractivity contribution is 5.32. The van der Waals surface area contributed by atoms with Crippen molar-refractivity contribution < 1.29 is 4.74 Å². The summed E-state index contributed by atoms with van der Waals surface area (Å²) in [4.78, 5) is 12.5. The second-order valence-corrected chi connectivity index (χ2v) is 5.71. The summed E-state index contributed by atoms with van der Waals surface area (Å²) in [5, 5.41) is 6.51. The van der Waals surface area contributed by atoms with E-state index in [9.17, 15) is 0 Å². The highest BCUT2D eigenvalue weighted by Crippen LogP contribution is 2.14. The minimum absolute atomic E-state index is 0.157. The first-order valence-corrected chi connectivity index (χ1v) is 8.40. The monoisotopic (exact) mass is 308 g/mol. The number of nitrogen functional groups attached to an aromatic ring is 1. The van der Waals surface area contributed by atoms with Crippen molar-refractivity contribution in [1.29, 1.82) is 0 Å². The van der Waals surface area contributed by atoms with Gasteiger partial charge in [-0.3, -0.25) is 0 Å². The van der Waals surface area contributed by atoms with E-state index in [1.807, 2.05) is 0 Å². The molecule has 1 aromatic rings. The third-order valence-electron chi connectivity index (χ3n) is 3.75. The van der Waals surface area contributed by atoms with Gasteiger partial charge >= 0.3 is 6.01 Å². The summed E-state index contributed by atoms with van der Waals surface area (Å²) in [7, 11) is 0. The molecule has 0 saturated carbocycles. The number of nitrogens with one attached hydrogen (secondary N) is 2. The molecule has 7 heteroatoms. The lowest BCUT2D eigenvalue weighted by Gasteiger charge is -2.22. The third-order valence-corrected chi connectivity index (χ3v) is 3.75. The van der Waals surface area contributed by atoms with Crippen LogP contribution >= 0.6 is 0 Å². The maximum absolute atomic E-state index is 5.81. The van der Waals surface area contributed by atoms with Crippen molar-refractivity contribution in [3.8, 4) is 6.01 Å². The standard InChI is InChI=1S/C15H28N6O/c1-2-3-4-5-6-9-18-14-19-13(16)20-15(21-14)22-12-7-10-17-11-8-12/h12,17H,2-11H2,1H3,(H3,16,18,19,20,21). The Kier molecular flexibility index (Phi) is 7.15. The van der Waals surface area contributed by atoms with Gasteiger partial charge in [0.05, 0.1) is 0 Å². The zero-order chi connectivity index (χ0) is 15.6. The van der Waals surface area contributed by atoms with E-state index in [1.54, 1.807) is 0 Å². The third kappa shape index (κ3) is 6.01. The molecule has 0 unspecified atom stereocenters. The molecular weight excluding hydrogens is 280 g/mol. The van der Waals surface area contributed by atoms with Crippen LogP contribution < -0.4 is 21.1 Å². The van der Waals surface area contributed by atoms with Gasteiger partial charge in [-0.15, -0.1) is 0 Å². The van der Waals surface area contributed by atoms with Crippen molar-refractivity contribution in [3.63, 3.8) is 0 Å². The normalized spacial score (nSPS) is 15.7. The summed E-state index contributed by atoms with van der Waals surface area (Å²) in [6, 6.07) is 0.327. The molecule has 1 aliphatic heterocycles. The molecule has 2 heterocycles. The van der Waals surface area contributed by atoms with Gasteiger partial charge in [0, 0.05) is 6.54 Å². The Morgan fingerprint density at radius 2 is 1.91 bits per heavy atom. The van der Waals surface area contributed by atoms with Crippen molar-refractivity contribution in [3.05, 3.63) is 0 Å². The Bertz CT molecular complexity index is 436. The Hall–Kier alpha value is -1.63. The lowest BCUT2D eigenvalue weighted by Crippen LogP contribution is -2.34. The molecule has 2 rings (SSSR count). The number of nitrogens with two attached hydrogens (primary N) is 1. The molecule has 0 aliphatic carbocycles. The van der Waals surface area contributed by atoms with Crippen LogP contribution in [0.3, 0.4) is 0 Å². The van der Waals surface area contributed by atoms with E-state index < -0.39 is 0 Å². The fourth-order valence-electron chi connectivity index (χ4n) is 2.49. The summed E-state index contributed by atoms with van der Waals surface area (Å²) in [6.07, 6.45) is 8.25. The summed E-state index contributed by atoms with van der Waals surface area (Å²) in [5.74, 6) is 0.708. The van der Waals surface area contributed by atoms with Crippen LogP contribution in [0.4, 0.5) is 11.9 Å². The highest BCUT2D eigenvalue weighted by Gasteiger charge is 2.16. The van der Waals surface area contributed by atoms with Crippen molar-refractivity contribution in [2.24, 2.45) is 0 Å². The van der Waals surface area contributed by atoms with Gasteiger partial charge in [0.15, 0.2) is 0 Å². The fourth-order valence-corrected chi connectivity index (χ4v) is 2.49. The number of hydrogen-bond acceptors (Lipinski definition) is 7. The van der Waals surface area contributed by atoms with Gasteiger partial charge in [-0.25, -0.2) is 0 Å². The van der Waals surface area contributed by atoms with Crippen LogP contribution in [0.25, 0.3) is 0 Å². The van der Waals surface area contributed by atoms with E-state index in [0.29, 0.717) is 12.0 Å². The van der Waals surface area contributed by atoms with Crippen LogP contribution in [0.2, 0.25) is 0 Å². The Morgan fingerprint density at radius 1 is 1.14 bits per heavy atom. The molecule has 1 fully saturated rings. The number of unbranched alkanes of at least 4 members (excludes halogenated alkanes) is 4. The van der Waals surface area contributed by atoms with Crippen LogP contribution in [0.5, 0.6) is 6.01 Å². The first-order valence-electron chi connectivity index (χ1n) is 8.40. The van der Waals surface area contributed by atoms with Crippen molar-refractivity contribution in [1.82, 2.24) is 20.3 Å². The van der Waals surface area contributed by atoms with Gasteiger partial charge in [-0.05, 0) is 32.4 Å². The van der Waals surface area contributed by atoms with Gasteiger partial charge in [0.2, 0.25) is 11.9 Å². The molecule has 0 amide bonds. The van der Waals surface area contributed by atoms with Crippen LogP contribution in [0, 0.1) is 0 Å². The zero-order valence-corrected chi connectivity index (χ0v) is 13.5. The minimum atomic E-state index is 0.157. The van der Waals surface area contributed by atoms with Gasteiger partial charge in [0.25, 0.3) is 0 Å². The van der Waals surface area contributed by atoms with Crippen molar-refractivity contribution >= 4 is 11.9 Å². The molecule has 7 nitrogen and oxygen atoms in total. The number of piperidine rings is 1. The first kappa shape index (κ1) is 16.7. The number of rotatable bonds is 9. The Balaban J connectivity index is 1.78. The SMILES string of the molecule is CCCCCCCNc1nc(N)nc(OC2CCNCC2)n1. The van der Waals surface area contributed by atoms with Crippen LogP contribution in [0.1, 0.15) is 51.9 Å². The molecule has 124 valence electrons. The first-order chi connectivity index (χ1) is 10.8. The molecule has 0 spiro atoms. The fraction of sp³-hybridized carbons (Fsp3) is 0.800. The topological polar surface area (TPSA) is 98.0 Å². The molecule has 1 saturated heterocycles. The Labute approximate surface area is 132 Å². The molecule has 0 atom stereocenters. The van der Waals surface area contributed by atoms with E-state index in [4.69, 9.17) is 10.5 Å². The maximum atomic E-state index is 5.81. The van der Waals surface area contributed by atoms with Crippen LogP contribution in [-0.2, 0) is 0 Å². The number of nitrogens with zero attached hydrogens (tertiary/aromatic N) is 3. The van der Waals surface area contributed by atoms with E-state index in [2.05, 4.69) is 32.5 Å². The molecule has 0 bridgehead atoms. The lowest BCUT2D eigenvalue weighted by atomic mass is 10.1. The van der Waals surface area contributed by atoms with Gasteiger partial charge in [0.1, 0.15) is 6.10 Å². The van der Waals surface area contributed by atoms with Gasteiger partial charge < -0.3 is 21.1 Å². The number of anilines is 2. The van der Waals surface area contributed by atoms with Crippen LogP contribution in [0.15, 0.2) is 0 Å². The van der Waals surface area contributed by atoms with E-state index in [0.717, 1.165) is 38.9 Å². The summed E-state index contributed by atoms with van der Waals surface area (Å²) >= 11 is 0. The van der Waals surface area contributed by atoms with Crippen molar-refractivity contribution in [2.45, 2.75) is 58.0 Å². The average Bonchev–Trinajstić information content (AvgIpc) is 2.51. The van der Waals surface area contributed by atoms with Gasteiger partial charge in [-0.2, -0.15) is 15.0 Å². The lowest BCUT2D eigenvalue weighted by molar-refractivity contribution is 0.149. The smallest absolute Gasteiger partial charge is 0.323 e. The highest BCUT2D eigenvalue weighted by atomic mass is 16.5. The van der Waals surface area contributed by atoms with E-state index in [-0.39, 0.29) is 12.1 Å². The molecule has 4 N–H and O–H groups in total. The molecule has 0 radical (unpaired) electrons. The second-order valence-electron chi connectivity index (χ2n) is 5.71. The number of hydrogen-bond donors (Lipinski definition) is 3. The molecule has 0 aromatic carbocycles. The van der Waals surface area contributed by atoms with E-state index in [1.165, 1.54) is 25.7 Å². The molecule has 22 heavy (non-hydrogen) atoms. The molecule has 1 aromatic heterocycles. The summed E-state index contributed by atoms with van der Waals surface area (Å²) in [6.45, 7) is 5.00. The minimum Gasteiger partial charge on any atom is -0.460 e. The maximum Gasteiger partial charge on any atom is 0.323 e. The van der Waals surface area contributed by atoms with Crippen LogP contribution in [-0.4, -0.2) is 40.7 Å². The predicted molar refractivity (Wildman–Crippen MR) is 88.0 cm³/mol. The zero-order valence-electron chi connectivity index (χ0n) is 13.5. The predicted octanol–water partition coefficient (Wildman–Crippen LogP) is 1.97. The number of ether oxygens (including phenoxy) is 1. The molecule has 1 aliphatic rings. The second kappa shape index (κ2) is 9.40. The quantitative estimate of drug-likeness (QED) is 0.600. The summed E-state index contributed by atoms with van der Waals surface area (Å²) in [5.41, 5.74) is 5.74. The molecular formula is C15H28N6O. The van der Waals surface area contributed by atoms with Crippen molar-refractivity contribution in [2.75, 3.05) is 30.7 Å². The van der Waals surface area contributed by atoms with E-state index >= 15 is 0 Å². The average molecular weight is 308 g/mol. The Morgan fingerprint density at radius 3 is 2.68 bits per heavy atom.